The van der Waals surface area contributed by atoms with E-state index in [1.165, 1.54) is 0 Å². The molecule has 0 aromatic rings. The zero-order valence-corrected chi connectivity index (χ0v) is 10.1. The fraction of sp³-hybridized carbons (Fsp3) is 0.818. The molecule has 0 fully saturated rings. The van der Waals surface area contributed by atoms with Crippen molar-refractivity contribution in [1.82, 2.24) is 10.6 Å². The monoisotopic (exact) mass is 214 g/mol. The number of imide groups is 1. The number of carbonyl (C=O) groups is 2. The van der Waals surface area contributed by atoms with E-state index in [1.54, 1.807) is 0 Å². The average Bonchev–Trinajstić information content (AvgIpc) is 2.00. The third kappa shape index (κ3) is 9.25. The quantitative estimate of drug-likeness (QED) is 0.734. The minimum Gasteiger partial charge on any atom is -0.338 e. The molecule has 88 valence electrons. The first-order chi connectivity index (χ1) is 6.91. The summed E-state index contributed by atoms with van der Waals surface area (Å²) in [6, 6.07) is -0.388. The van der Waals surface area contributed by atoms with Crippen molar-refractivity contribution in [2.24, 2.45) is 11.8 Å². The summed E-state index contributed by atoms with van der Waals surface area (Å²) in [5.41, 5.74) is 0. The molecule has 0 aliphatic heterocycles. The average molecular weight is 214 g/mol. The van der Waals surface area contributed by atoms with Crippen LogP contribution in [0, 0.1) is 11.8 Å². The maximum Gasteiger partial charge on any atom is 0.321 e. The van der Waals surface area contributed by atoms with Gasteiger partial charge in [-0.2, -0.15) is 0 Å². The molecule has 0 rings (SSSR count). The van der Waals surface area contributed by atoms with Gasteiger partial charge < -0.3 is 5.32 Å². The zero-order chi connectivity index (χ0) is 11.8. The summed E-state index contributed by atoms with van der Waals surface area (Å²) in [5, 5.41) is 4.94. The molecule has 0 aromatic carbocycles. The maximum atomic E-state index is 11.2. The molecule has 0 saturated carbocycles. The lowest BCUT2D eigenvalue weighted by molar-refractivity contribution is -0.120. The van der Waals surface area contributed by atoms with Crippen LogP contribution in [0.25, 0.3) is 0 Å². The van der Waals surface area contributed by atoms with Crippen molar-refractivity contribution < 1.29 is 9.59 Å². The molecule has 2 N–H and O–H groups in total. The molecule has 0 heterocycles. The van der Waals surface area contributed by atoms with Gasteiger partial charge in [0.15, 0.2) is 0 Å². The molecular weight excluding hydrogens is 192 g/mol. The summed E-state index contributed by atoms with van der Waals surface area (Å²) >= 11 is 0. The van der Waals surface area contributed by atoms with Gasteiger partial charge in [0.2, 0.25) is 5.91 Å². The van der Waals surface area contributed by atoms with E-state index in [-0.39, 0.29) is 17.9 Å². The van der Waals surface area contributed by atoms with E-state index in [9.17, 15) is 9.59 Å². The second-order valence-electron chi connectivity index (χ2n) is 4.58. The van der Waals surface area contributed by atoms with Gasteiger partial charge in [0.05, 0.1) is 0 Å². The number of nitrogens with one attached hydrogen (secondary N) is 2. The standard InChI is InChI=1S/C11H22N2O2/c1-8(2)5-6-12-11(15)13-10(14)7-9(3)4/h8-9H,5-7H2,1-4H3,(H2,12,13,14,15). The van der Waals surface area contributed by atoms with Gasteiger partial charge in [0, 0.05) is 13.0 Å². The molecule has 0 aliphatic rings. The highest BCUT2D eigenvalue weighted by molar-refractivity contribution is 5.94. The largest absolute Gasteiger partial charge is 0.338 e. The first kappa shape index (κ1) is 13.9. The topological polar surface area (TPSA) is 58.2 Å². The van der Waals surface area contributed by atoms with E-state index in [0.717, 1.165) is 6.42 Å². The Kier molecular flexibility index (Phi) is 6.75. The summed E-state index contributed by atoms with van der Waals surface area (Å²) in [7, 11) is 0. The van der Waals surface area contributed by atoms with E-state index in [1.807, 2.05) is 13.8 Å². The van der Waals surface area contributed by atoms with Gasteiger partial charge in [-0.05, 0) is 18.3 Å². The van der Waals surface area contributed by atoms with Crippen LogP contribution < -0.4 is 10.6 Å². The Bertz CT molecular complexity index is 213. The molecule has 3 amide bonds. The van der Waals surface area contributed by atoms with Gasteiger partial charge in [0.25, 0.3) is 0 Å². The van der Waals surface area contributed by atoms with Crippen molar-refractivity contribution in [1.29, 1.82) is 0 Å². The van der Waals surface area contributed by atoms with E-state index in [2.05, 4.69) is 24.5 Å². The zero-order valence-electron chi connectivity index (χ0n) is 10.1. The minimum atomic E-state index is -0.388. The van der Waals surface area contributed by atoms with Crippen LogP contribution in [0.3, 0.4) is 0 Å². The van der Waals surface area contributed by atoms with Gasteiger partial charge in [-0.25, -0.2) is 4.79 Å². The summed E-state index contributed by atoms with van der Waals surface area (Å²) in [6.45, 7) is 8.66. The van der Waals surface area contributed by atoms with Crippen molar-refractivity contribution in [3.8, 4) is 0 Å². The van der Waals surface area contributed by atoms with Crippen LogP contribution >= 0.6 is 0 Å². The van der Waals surface area contributed by atoms with Crippen LogP contribution in [-0.4, -0.2) is 18.5 Å². The summed E-state index contributed by atoms with van der Waals surface area (Å²) in [6.07, 6.45) is 1.31. The molecule has 0 aliphatic carbocycles. The molecule has 0 atom stereocenters. The lowest BCUT2D eigenvalue weighted by atomic mass is 10.1. The van der Waals surface area contributed by atoms with E-state index in [4.69, 9.17) is 0 Å². The highest BCUT2D eigenvalue weighted by atomic mass is 16.2. The van der Waals surface area contributed by atoms with Gasteiger partial charge in [-0.3, -0.25) is 10.1 Å². The molecule has 0 spiro atoms. The molecule has 0 unspecified atom stereocenters. The van der Waals surface area contributed by atoms with Crippen molar-refractivity contribution in [3.05, 3.63) is 0 Å². The predicted molar refractivity (Wildman–Crippen MR) is 60.5 cm³/mol. The van der Waals surface area contributed by atoms with Crippen LogP contribution in [0.4, 0.5) is 4.79 Å². The van der Waals surface area contributed by atoms with Crippen LogP contribution in [-0.2, 0) is 4.79 Å². The number of rotatable bonds is 5. The van der Waals surface area contributed by atoms with Crippen LogP contribution in [0.15, 0.2) is 0 Å². The summed E-state index contributed by atoms with van der Waals surface area (Å²) < 4.78 is 0. The molecule has 0 bridgehead atoms. The smallest absolute Gasteiger partial charge is 0.321 e. The summed E-state index contributed by atoms with van der Waals surface area (Å²) in [5.74, 6) is 0.608. The van der Waals surface area contributed by atoms with E-state index in [0.29, 0.717) is 18.9 Å². The van der Waals surface area contributed by atoms with Gasteiger partial charge in [-0.1, -0.05) is 27.7 Å². The number of hydrogen-bond donors (Lipinski definition) is 2. The first-order valence-corrected chi connectivity index (χ1v) is 5.49. The Balaban J connectivity index is 3.60. The Morgan fingerprint density at radius 2 is 1.67 bits per heavy atom. The highest BCUT2D eigenvalue weighted by Crippen LogP contribution is 1.98. The Morgan fingerprint density at radius 3 is 2.13 bits per heavy atom. The van der Waals surface area contributed by atoms with E-state index < -0.39 is 0 Å². The Morgan fingerprint density at radius 1 is 1.07 bits per heavy atom. The fourth-order valence-electron chi connectivity index (χ4n) is 1.07. The third-order valence-electron chi connectivity index (χ3n) is 1.85. The lowest BCUT2D eigenvalue weighted by Crippen LogP contribution is -2.40. The summed E-state index contributed by atoms with van der Waals surface area (Å²) in [4.78, 5) is 22.4. The fourth-order valence-corrected chi connectivity index (χ4v) is 1.07. The number of amides is 3. The van der Waals surface area contributed by atoms with Crippen molar-refractivity contribution in [3.63, 3.8) is 0 Å². The second-order valence-corrected chi connectivity index (χ2v) is 4.58. The Labute approximate surface area is 91.8 Å². The van der Waals surface area contributed by atoms with Crippen molar-refractivity contribution >= 4 is 11.9 Å². The SMILES string of the molecule is CC(C)CCNC(=O)NC(=O)CC(C)C. The molecular formula is C11H22N2O2. The Hall–Kier alpha value is -1.06. The van der Waals surface area contributed by atoms with Crippen LogP contribution in [0.1, 0.15) is 40.5 Å². The highest BCUT2D eigenvalue weighted by Gasteiger charge is 2.08. The number of urea groups is 1. The molecule has 0 radical (unpaired) electrons. The second kappa shape index (κ2) is 7.26. The van der Waals surface area contributed by atoms with Crippen molar-refractivity contribution in [2.45, 2.75) is 40.5 Å². The maximum absolute atomic E-state index is 11.2. The molecule has 4 heteroatoms. The number of carbonyl (C=O) groups excluding carboxylic acids is 2. The van der Waals surface area contributed by atoms with Gasteiger partial charge in [0.1, 0.15) is 0 Å². The normalized spacial score (nSPS) is 10.5. The molecule has 0 aromatic heterocycles. The van der Waals surface area contributed by atoms with Crippen molar-refractivity contribution in [2.75, 3.05) is 6.54 Å². The molecule has 4 nitrogen and oxygen atoms in total. The number of hydrogen-bond acceptors (Lipinski definition) is 2. The predicted octanol–water partition coefficient (Wildman–Crippen LogP) is 1.90. The minimum absolute atomic E-state index is 0.216. The van der Waals surface area contributed by atoms with E-state index >= 15 is 0 Å². The lowest BCUT2D eigenvalue weighted by Gasteiger charge is -2.08. The van der Waals surface area contributed by atoms with Crippen LogP contribution in [0.2, 0.25) is 0 Å². The first-order valence-electron chi connectivity index (χ1n) is 5.49. The molecule has 15 heavy (non-hydrogen) atoms. The molecule has 0 saturated heterocycles. The third-order valence-corrected chi connectivity index (χ3v) is 1.85. The van der Waals surface area contributed by atoms with Gasteiger partial charge in [-0.15, -0.1) is 0 Å². The van der Waals surface area contributed by atoms with Crippen LogP contribution in [0.5, 0.6) is 0 Å². The van der Waals surface area contributed by atoms with Gasteiger partial charge >= 0.3 is 6.03 Å².